The number of nitrogens with one attached hydrogen (secondary N) is 1. The molecule has 2 aliphatic carbocycles. The highest BCUT2D eigenvalue weighted by molar-refractivity contribution is 7.47. The summed E-state index contributed by atoms with van der Waals surface area (Å²) in [6, 6.07) is -0.984. The molecule has 8 N–H and O–H groups in total. The molecule has 4 fully saturated rings. The number of halogens is 1. The van der Waals surface area contributed by atoms with Crippen molar-refractivity contribution in [2.45, 2.75) is 49.3 Å². The Bertz CT molecular complexity index is 2040. The van der Waals surface area contributed by atoms with Crippen LogP contribution >= 0.6 is 15.6 Å². The van der Waals surface area contributed by atoms with Crippen LogP contribution in [0.1, 0.15) is 18.7 Å². The highest BCUT2D eigenvalue weighted by Crippen LogP contribution is 2.71. The number of aromatic nitrogens is 8. The van der Waals surface area contributed by atoms with Gasteiger partial charge in [-0.25, -0.2) is 33.5 Å². The van der Waals surface area contributed by atoms with Gasteiger partial charge in [0.2, 0.25) is 5.95 Å². The number of nitrogen functional groups attached to an aromatic ring is 2. The third-order valence-electron chi connectivity index (χ3n) is 8.94. The van der Waals surface area contributed by atoms with Crippen molar-refractivity contribution in [2.24, 2.45) is 11.3 Å². The van der Waals surface area contributed by atoms with Gasteiger partial charge < -0.3 is 35.7 Å². The Morgan fingerprint density at radius 1 is 1.00 bits per heavy atom. The van der Waals surface area contributed by atoms with E-state index in [0.29, 0.717) is 0 Å². The van der Waals surface area contributed by atoms with Crippen LogP contribution in [-0.2, 0) is 32.0 Å². The highest BCUT2D eigenvalue weighted by atomic mass is 31.2. The van der Waals surface area contributed by atoms with E-state index >= 15 is 4.39 Å². The molecule has 11 atom stereocenters. The number of aliphatic hydroxyl groups is 1. The molecule has 2 saturated heterocycles. The fourth-order valence-corrected chi connectivity index (χ4v) is 8.72. The van der Waals surface area contributed by atoms with Gasteiger partial charge in [0.05, 0.1) is 38.0 Å². The predicted molar refractivity (Wildman–Crippen MR) is 148 cm³/mol. The van der Waals surface area contributed by atoms with E-state index in [-0.39, 0.29) is 40.5 Å². The SMILES string of the molecule is Nc1nc2c(ncn2[C@H]2[C@@H]3OP(=O)(O)OC[C@H]4O[C@@H](n5cnc6c(N)ncnc65)[C@H](F)[C@@H]4OP(=O)(O)OC[C@]4(C[C@H]24)[C@H]3O)c(=O)[nH]1. The van der Waals surface area contributed by atoms with Gasteiger partial charge in [-0.15, -0.1) is 0 Å². The molecule has 1 spiro atoms. The monoisotopic (exact) mass is 686 g/mol. The van der Waals surface area contributed by atoms with E-state index in [2.05, 4.69) is 29.9 Å². The lowest BCUT2D eigenvalue weighted by molar-refractivity contribution is -0.0535. The molecule has 0 amide bonds. The molecular formula is C22H25FN10O11P2. The number of phosphoric ester groups is 2. The average Bonchev–Trinajstić information content (AvgIpc) is 3.24. The highest BCUT2D eigenvalue weighted by Gasteiger charge is 2.73. The molecule has 4 aromatic rings. The maximum atomic E-state index is 16.0. The van der Waals surface area contributed by atoms with Gasteiger partial charge in [0, 0.05) is 5.41 Å². The molecule has 0 aromatic carbocycles. The number of fused-ring (bicyclic) bond motifs is 4. The number of aromatic amines is 1. The first kappa shape index (κ1) is 29.9. The molecule has 2 saturated carbocycles. The maximum absolute atomic E-state index is 16.0. The van der Waals surface area contributed by atoms with E-state index in [4.69, 9.17) is 34.3 Å². The van der Waals surface area contributed by atoms with E-state index in [0.717, 1.165) is 10.9 Å². The molecule has 46 heavy (non-hydrogen) atoms. The number of anilines is 2. The molecule has 246 valence electrons. The Morgan fingerprint density at radius 3 is 2.52 bits per heavy atom. The van der Waals surface area contributed by atoms with E-state index < -0.39 is 88.6 Å². The van der Waals surface area contributed by atoms with Gasteiger partial charge in [0.25, 0.3) is 5.56 Å². The van der Waals surface area contributed by atoms with Crippen LogP contribution in [0.2, 0.25) is 0 Å². The largest absolute Gasteiger partial charge is 0.472 e. The van der Waals surface area contributed by atoms with E-state index in [1.54, 1.807) is 0 Å². The molecule has 8 rings (SSSR count). The first-order valence-corrected chi connectivity index (χ1v) is 16.7. The number of hydrogen-bond donors (Lipinski definition) is 6. The second-order valence-corrected chi connectivity index (χ2v) is 14.3. The number of rotatable bonds is 2. The topological polar surface area (TPSA) is 300 Å². The number of phosphoric acid groups is 2. The zero-order chi connectivity index (χ0) is 32.3. The van der Waals surface area contributed by atoms with Crippen molar-refractivity contribution < 1.29 is 51.2 Å². The second-order valence-electron chi connectivity index (χ2n) is 11.5. The van der Waals surface area contributed by atoms with Gasteiger partial charge in [-0.2, -0.15) is 4.98 Å². The van der Waals surface area contributed by atoms with Crippen LogP contribution < -0.4 is 17.0 Å². The summed E-state index contributed by atoms with van der Waals surface area (Å²) in [5.74, 6) is -0.818. The number of nitrogens with two attached hydrogens (primary N) is 2. The molecule has 0 radical (unpaired) electrons. The minimum absolute atomic E-state index is 0.00270. The number of imidazole rings is 2. The van der Waals surface area contributed by atoms with E-state index in [9.17, 15) is 28.8 Å². The maximum Gasteiger partial charge on any atom is 0.472 e. The lowest BCUT2D eigenvalue weighted by Gasteiger charge is -2.29. The number of nitrogens with zero attached hydrogens (tertiary/aromatic N) is 7. The molecule has 2 bridgehead atoms. The summed E-state index contributed by atoms with van der Waals surface area (Å²) < 4.78 is 72.1. The smallest absolute Gasteiger partial charge is 0.390 e. The minimum Gasteiger partial charge on any atom is -0.390 e. The number of hydrogen-bond acceptors (Lipinski definition) is 16. The minimum atomic E-state index is -5.08. The van der Waals surface area contributed by atoms with Gasteiger partial charge in [-0.3, -0.25) is 32.4 Å². The lowest BCUT2D eigenvalue weighted by Crippen LogP contribution is -2.37. The van der Waals surface area contributed by atoms with Crippen molar-refractivity contribution in [3.63, 3.8) is 0 Å². The van der Waals surface area contributed by atoms with Gasteiger partial charge in [-0.1, -0.05) is 0 Å². The van der Waals surface area contributed by atoms with Crippen molar-refractivity contribution in [1.82, 2.24) is 39.0 Å². The van der Waals surface area contributed by atoms with Crippen molar-refractivity contribution in [2.75, 3.05) is 24.7 Å². The summed E-state index contributed by atoms with van der Waals surface area (Å²) in [4.78, 5) is 56.4. The summed E-state index contributed by atoms with van der Waals surface area (Å²) in [7, 11) is -10.2. The number of ether oxygens (including phenoxy) is 1. The summed E-state index contributed by atoms with van der Waals surface area (Å²) in [5, 5.41) is 11.4. The van der Waals surface area contributed by atoms with Gasteiger partial charge in [0.1, 0.15) is 30.2 Å². The van der Waals surface area contributed by atoms with Gasteiger partial charge >= 0.3 is 15.6 Å². The summed E-state index contributed by atoms with van der Waals surface area (Å²) in [5.41, 5.74) is 9.75. The van der Waals surface area contributed by atoms with Crippen LogP contribution in [0.3, 0.4) is 0 Å². The molecule has 2 unspecified atom stereocenters. The fraction of sp³-hybridized carbons (Fsp3) is 0.545. The summed E-state index contributed by atoms with van der Waals surface area (Å²) in [6.45, 7) is -1.47. The third kappa shape index (κ3) is 4.52. The van der Waals surface area contributed by atoms with Gasteiger partial charge in [-0.05, 0) is 12.3 Å². The van der Waals surface area contributed by atoms with Gasteiger partial charge in [0.15, 0.2) is 35.0 Å². The van der Waals surface area contributed by atoms with E-state index in [1.807, 2.05) is 0 Å². The normalized spacial score (nSPS) is 41.0. The fourth-order valence-electron chi connectivity index (χ4n) is 6.75. The second kappa shape index (κ2) is 10.0. The standard InChI is InChI=1S/C22H25FN10O11P2/c23-9-13-8(42-20(9)33-6-28-10-16(24)26-4-27-17(10)33)2-40-45(36,37)44-14-12(32-5-29-11-18(32)30-21(25)31-19(11)35)7-1-22(7,15(14)34)3-41-46(38,39)43-13/h4-9,12-15,20,34H,1-3H2,(H,36,37)(H,38,39)(H2,24,26,27)(H3,25,30,31,35)/t7-,8-,9-,12-,13-,14+,15+,20-,22+/m1/s1. The molecule has 24 heteroatoms. The van der Waals surface area contributed by atoms with Crippen LogP contribution in [0, 0.1) is 11.3 Å². The van der Waals surface area contributed by atoms with Crippen LogP contribution in [0.5, 0.6) is 0 Å². The van der Waals surface area contributed by atoms with Crippen molar-refractivity contribution in [1.29, 1.82) is 0 Å². The van der Waals surface area contributed by atoms with Crippen LogP contribution in [0.25, 0.3) is 22.3 Å². The van der Waals surface area contributed by atoms with Crippen molar-refractivity contribution in [3.05, 3.63) is 29.3 Å². The Labute approximate surface area is 254 Å². The zero-order valence-corrected chi connectivity index (χ0v) is 24.9. The Morgan fingerprint density at radius 2 is 1.72 bits per heavy atom. The Hall–Kier alpha value is -3.43. The first-order chi connectivity index (χ1) is 21.8. The van der Waals surface area contributed by atoms with Crippen LogP contribution in [0.15, 0.2) is 23.8 Å². The lowest BCUT2D eigenvalue weighted by atomic mass is 10.0. The first-order valence-electron chi connectivity index (χ1n) is 13.7. The van der Waals surface area contributed by atoms with Crippen LogP contribution in [0.4, 0.5) is 16.2 Å². The molecule has 2 aliphatic heterocycles. The van der Waals surface area contributed by atoms with Crippen LogP contribution in [-0.4, -0.2) is 97.7 Å². The molecule has 4 aromatic heterocycles. The molecule has 6 heterocycles. The number of alkyl halides is 1. The zero-order valence-electron chi connectivity index (χ0n) is 23.1. The van der Waals surface area contributed by atoms with E-state index in [1.165, 1.54) is 17.2 Å². The number of aliphatic hydroxyl groups excluding tert-OH is 1. The van der Waals surface area contributed by atoms with Crippen molar-refractivity contribution in [3.8, 4) is 0 Å². The van der Waals surface area contributed by atoms with Crippen molar-refractivity contribution >= 4 is 49.7 Å². The molecular weight excluding hydrogens is 661 g/mol. The Balaban J connectivity index is 1.14. The average molecular weight is 686 g/mol. The molecule has 21 nitrogen and oxygen atoms in total. The summed E-state index contributed by atoms with van der Waals surface area (Å²) >= 11 is 0. The molecule has 4 aliphatic rings. The Kier molecular flexibility index (Phi) is 6.53. The summed E-state index contributed by atoms with van der Waals surface area (Å²) in [6.07, 6.45) is -6.49. The predicted octanol–water partition coefficient (Wildman–Crippen LogP) is -0.701. The number of H-pyrrole nitrogens is 1. The third-order valence-corrected chi connectivity index (χ3v) is 10.9. The quantitative estimate of drug-likeness (QED) is 0.142.